The molecule has 2 unspecified atom stereocenters. The molecular weight excluding hydrogens is 386 g/mol. The summed E-state index contributed by atoms with van der Waals surface area (Å²) in [6, 6.07) is 25.8. The summed E-state index contributed by atoms with van der Waals surface area (Å²) in [5.41, 5.74) is 2.64. The molecule has 0 aromatic heterocycles. The minimum absolute atomic E-state index is 0.107. The molecule has 0 aliphatic carbocycles. The van der Waals surface area contributed by atoms with Gasteiger partial charge in [0, 0.05) is 6.54 Å². The number of thioether (sulfide) groups is 1. The summed E-state index contributed by atoms with van der Waals surface area (Å²) in [5, 5.41) is 2.76. The summed E-state index contributed by atoms with van der Waals surface area (Å²) in [4.78, 5) is 15.4. The molecule has 2 nitrogen and oxygen atoms in total. The van der Waals surface area contributed by atoms with Crippen molar-refractivity contribution in [3.05, 3.63) is 83.9 Å². The van der Waals surface area contributed by atoms with Crippen LogP contribution in [0.4, 0.5) is 0 Å². The van der Waals surface area contributed by atoms with E-state index in [9.17, 15) is 4.79 Å². The number of benzene rings is 3. The Kier molecular flexibility index (Phi) is 7.11. The van der Waals surface area contributed by atoms with Gasteiger partial charge in [-0.05, 0) is 53.6 Å². The van der Waals surface area contributed by atoms with Gasteiger partial charge in [0.2, 0.25) is 5.91 Å². The van der Waals surface area contributed by atoms with E-state index in [-0.39, 0.29) is 10.6 Å². The Labute approximate surface area is 184 Å². The first kappa shape index (κ1) is 21.0. The van der Waals surface area contributed by atoms with Crippen LogP contribution in [0, 0.1) is 0 Å². The maximum Gasteiger partial charge on any atom is 0.236 e. The molecule has 30 heavy (non-hydrogen) atoms. The summed E-state index contributed by atoms with van der Waals surface area (Å²) < 4.78 is 0. The van der Waals surface area contributed by atoms with Crippen LogP contribution in [-0.2, 0) is 11.2 Å². The molecule has 0 spiro atoms. The van der Waals surface area contributed by atoms with Crippen molar-refractivity contribution in [2.24, 2.45) is 0 Å². The molecule has 0 saturated carbocycles. The molecule has 3 heteroatoms. The first-order valence-corrected chi connectivity index (χ1v) is 12.2. The molecule has 1 aliphatic rings. The van der Waals surface area contributed by atoms with Gasteiger partial charge in [0.15, 0.2) is 0 Å². The summed E-state index contributed by atoms with van der Waals surface area (Å²) in [6.07, 6.45) is 6.49. The SMILES string of the molecule is CCCCC1SC(c2ccc3ccccc3c2)N(CCCCc2ccccc2)C1=O. The Balaban J connectivity index is 1.47. The standard InChI is InChI=1S/C27H31NOS/c1-2-3-16-25-26(29)28(19-10-9-13-21-11-5-4-6-12-21)27(30-25)24-18-17-22-14-7-8-15-23(22)20-24/h4-8,11-12,14-15,17-18,20,25,27H,2-3,9-10,13,16,19H2,1H3. The Bertz CT molecular complexity index is 971. The van der Waals surface area contributed by atoms with Crippen molar-refractivity contribution in [2.45, 2.75) is 56.1 Å². The van der Waals surface area contributed by atoms with Gasteiger partial charge in [-0.1, -0.05) is 86.5 Å². The predicted octanol–water partition coefficient (Wildman–Crippen LogP) is 7.00. The number of rotatable bonds is 9. The fourth-order valence-electron chi connectivity index (χ4n) is 4.27. The maximum absolute atomic E-state index is 13.2. The molecule has 0 N–H and O–H groups in total. The highest BCUT2D eigenvalue weighted by molar-refractivity contribution is 8.01. The van der Waals surface area contributed by atoms with E-state index in [1.54, 1.807) is 0 Å². The number of fused-ring (bicyclic) bond motifs is 1. The molecule has 0 radical (unpaired) electrons. The second-order valence-corrected chi connectivity index (χ2v) is 9.49. The number of hydrogen-bond acceptors (Lipinski definition) is 2. The molecule has 1 saturated heterocycles. The van der Waals surface area contributed by atoms with Crippen molar-refractivity contribution in [3.63, 3.8) is 0 Å². The first-order chi connectivity index (χ1) is 14.8. The third-order valence-corrected chi connectivity index (χ3v) is 7.52. The molecule has 4 rings (SSSR count). The van der Waals surface area contributed by atoms with Crippen molar-refractivity contribution in [2.75, 3.05) is 6.54 Å². The number of carbonyl (C=O) groups is 1. The summed E-state index contributed by atoms with van der Waals surface area (Å²) in [6.45, 7) is 3.05. The number of aryl methyl sites for hydroxylation is 1. The zero-order valence-corrected chi connectivity index (χ0v) is 18.6. The summed E-state index contributed by atoms with van der Waals surface area (Å²) in [7, 11) is 0. The fourth-order valence-corrected chi connectivity index (χ4v) is 5.80. The van der Waals surface area contributed by atoms with E-state index in [2.05, 4.69) is 84.6 Å². The van der Waals surface area contributed by atoms with Crippen LogP contribution in [0.15, 0.2) is 72.8 Å². The Morgan fingerprint density at radius 2 is 1.63 bits per heavy atom. The zero-order chi connectivity index (χ0) is 20.8. The minimum atomic E-state index is 0.107. The van der Waals surface area contributed by atoms with Crippen LogP contribution in [0.5, 0.6) is 0 Å². The van der Waals surface area contributed by atoms with Crippen LogP contribution in [0.3, 0.4) is 0 Å². The molecule has 1 fully saturated rings. The van der Waals surface area contributed by atoms with Crippen molar-refractivity contribution < 1.29 is 4.79 Å². The Hall–Kier alpha value is -2.26. The van der Waals surface area contributed by atoms with Gasteiger partial charge in [0.1, 0.15) is 5.37 Å². The average Bonchev–Trinajstić information content (AvgIpc) is 3.11. The monoisotopic (exact) mass is 417 g/mol. The van der Waals surface area contributed by atoms with Crippen LogP contribution in [0.2, 0.25) is 0 Å². The lowest BCUT2D eigenvalue weighted by Gasteiger charge is -2.24. The molecule has 156 valence electrons. The van der Waals surface area contributed by atoms with E-state index in [0.29, 0.717) is 5.91 Å². The molecule has 3 aromatic carbocycles. The second-order valence-electron chi connectivity index (χ2n) is 8.20. The van der Waals surface area contributed by atoms with E-state index in [1.165, 1.54) is 21.9 Å². The molecule has 1 aliphatic heterocycles. The lowest BCUT2D eigenvalue weighted by atomic mass is 10.1. The van der Waals surface area contributed by atoms with E-state index in [0.717, 1.165) is 45.1 Å². The maximum atomic E-state index is 13.2. The lowest BCUT2D eigenvalue weighted by molar-refractivity contribution is -0.130. The van der Waals surface area contributed by atoms with Crippen molar-refractivity contribution in [1.29, 1.82) is 0 Å². The average molecular weight is 418 g/mol. The van der Waals surface area contributed by atoms with E-state index >= 15 is 0 Å². The van der Waals surface area contributed by atoms with Gasteiger partial charge in [-0.3, -0.25) is 4.79 Å². The molecule has 1 heterocycles. The van der Waals surface area contributed by atoms with E-state index in [4.69, 9.17) is 0 Å². The predicted molar refractivity (Wildman–Crippen MR) is 129 cm³/mol. The zero-order valence-electron chi connectivity index (χ0n) is 17.8. The van der Waals surface area contributed by atoms with Crippen LogP contribution < -0.4 is 0 Å². The van der Waals surface area contributed by atoms with Gasteiger partial charge >= 0.3 is 0 Å². The van der Waals surface area contributed by atoms with Gasteiger partial charge in [-0.2, -0.15) is 0 Å². The highest BCUT2D eigenvalue weighted by atomic mass is 32.2. The molecular formula is C27H31NOS. The van der Waals surface area contributed by atoms with Gasteiger partial charge in [-0.25, -0.2) is 0 Å². The van der Waals surface area contributed by atoms with E-state index in [1.807, 2.05) is 11.8 Å². The Morgan fingerprint density at radius 3 is 2.43 bits per heavy atom. The van der Waals surface area contributed by atoms with Gasteiger partial charge in [0.05, 0.1) is 5.25 Å². The number of unbranched alkanes of at least 4 members (excludes halogenated alkanes) is 2. The number of nitrogens with zero attached hydrogens (tertiary/aromatic N) is 1. The molecule has 0 bridgehead atoms. The van der Waals surface area contributed by atoms with Gasteiger partial charge in [0.25, 0.3) is 0 Å². The van der Waals surface area contributed by atoms with Crippen molar-refractivity contribution >= 4 is 28.4 Å². The quantitative estimate of drug-likeness (QED) is 0.350. The molecule has 3 aromatic rings. The van der Waals surface area contributed by atoms with Crippen LogP contribution >= 0.6 is 11.8 Å². The van der Waals surface area contributed by atoms with Crippen LogP contribution in [-0.4, -0.2) is 22.6 Å². The number of carbonyl (C=O) groups excluding carboxylic acids is 1. The molecule has 1 amide bonds. The minimum Gasteiger partial charge on any atom is -0.326 e. The smallest absolute Gasteiger partial charge is 0.236 e. The second kappa shape index (κ2) is 10.2. The lowest BCUT2D eigenvalue weighted by Crippen LogP contribution is -2.32. The largest absolute Gasteiger partial charge is 0.326 e. The molecule has 2 atom stereocenters. The number of amides is 1. The van der Waals surface area contributed by atoms with Gasteiger partial charge < -0.3 is 4.90 Å². The summed E-state index contributed by atoms with van der Waals surface area (Å²) in [5.74, 6) is 0.339. The highest BCUT2D eigenvalue weighted by Crippen LogP contribution is 2.45. The van der Waals surface area contributed by atoms with Crippen LogP contribution in [0.25, 0.3) is 10.8 Å². The summed E-state index contributed by atoms with van der Waals surface area (Å²) >= 11 is 1.86. The fraction of sp³-hybridized carbons (Fsp3) is 0.370. The third kappa shape index (κ3) is 4.89. The van der Waals surface area contributed by atoms with Gasteiger partial charge in [-0.15, -0.1) is 11.8 Å². The van der Waals surface area contributed by atoms with Crippen molar-refractivity contribution in [1.82, 2.24) is 4.90 Å². The third-order valence-electron chi connectivity index (χ3n) is 5.97. The van der Waals surface area contributed by atoms with Crippen LogP contribution in [0.1, 0.15) is 55.5 Å². The van der Waals surface area contributed by atoms with E-state index < -0.39 is 0 Å². The first-order valence-electron chi connectivity index (χ1n) is 11.2. The normalized spacial score (nSPS) is 19.0. The highest BCUT2D eigenvalue weighted by Gasteiger charge is 2.40. The van der Waals surface area contributed by atoms with Crippen molar-refractivity contribution in [3.8, 4) is 0 Å². The Morgan fingerprint density at radius 1 is 0.867 bits per heavy atom. The topological polar surface area (TPSA) is 20.3 Å². The number of hydrogen-bond donors (Lipinski definition) is 0.